The predicted molar refractivity (Wildman–Crippen MR) is 105 cm³/mol. The first-order valence-corrected chi connectivity index (χ1v) is 9.87. The molecular formula is C22H22F3N3O2. The van der Waals surface area contributed by atoms with Gasteiger partial charge in [0.15, 0.2) is 0 Å². The molecule has 1 saturated carbocycles. The minimum absolute atomic E-state index is 0.116. The van der Waals surface area contributed by atoms with Crippen LogP contribution in [-0.4, -0.2) is 35.3 Å². The number of amides is 2. The van der Waals surface area contributed by atoms with Gasteiger partial charge in [-0.25, -0.2) is 18.2 Å². The van der Waals surface area contributed by atoms with Crippen molar-refractivity contribution in [2.45, 2.75) is 44.6 Å². The molecule has 2 heterocycles. The van der Waals surface area contributed by atoms with Crippen LogP contribution in [0, 0.1) is 18.2 Å². The van der Waals surface area contributed by atoms with Gasteiger partial charge in [-0.3, -0.25) is 9.59 Å². The van der Waals surface area contributed by atoms with Gasteiger partial charge in [0.25, 0.3) is 11.8 Å². The highest BCUT2D eigenvalue weighted by molar-refractivity contribution is 6.00. The maximum absolute atomic E-state index is 14.6. The third-order valence-corrected chi connectivity index (χ3v) is 5.87. The van der Waals surface area contributed by atoms with Crippen LogP contribution in [-0.2, 0) is 4.79 Å². The van der Waals surface area contributed by atoms with E-state index in [9.17, 15) is 22.8 Å². The Balaban J connectivity index is 1.55. The zero-order valence-corrected chi connectivity index (χ0v) is 16.5. The number of carbonyl (C=O) groups is 2. The zero-order chi connectivity index (χ0) is 21.5. The fraction of sp³-hybridized carbons (Fsp3) is 0.409. The van der Waals surface area contributed by atoms with Crippen LogP contribution < -0.4 is 10.2 Å². The number of hydrogen-bond acceptors (Lipinski definition) is 3. The Kier molecular flexibility index (Phi) is 5.03. The van der Waals surface area contributed by atoms with Crippen molar-refractivity contribution < 1.29 is 22.8 Å². The third-order valence-electron chi connectivity index (χ3n) is 5.87. The molecule has 1 aromatic carbocycles. The molecule has 0 radical (unpaired) electrons. The number of halogens is 3. The largest absolute Gasteiger partial charge is 0.348 e. The molecule has 158 valence electrons. The van der Waals surface area contributed by atoms with E-state index in [2.05, 4.69) is 10.3 Å². The first kappa shape index (κ1) is 20.4. The Bertz CT molecular complexity index is 997. The summed E-state index contributed by atoms with van der Waals surface area (Å²) in [5, 5.41) is 2.64. The lowest BCUT2D eigenvalue weighted by Crippen LogP contribution is -2.52. The van der Waals surface area contributed by atoms with Gasteiger partial charge < -0.3 is 10.2 Å². The highest BCUT2D eigenvalue weighted by Gasteiger charge is 2.57. The molecule has 30 heavy (non-hydrogen) atoms. The molecule has 1 aliphatic heterocycles. The second-order valence-corrected chi connectivity index (χ2v) is 8.24. The maximum Gasteiger partial charge on any atom is 0.270 e. The second kappa shape index (κ2) is 7.41. The number of aryl methyl sites for hydroxylation is 1. The Morgan fingerprint density at radius 3 is 2.70 bits per heavy atom. The molecule has 0 bridgehead atoms. The van der Waals surface area contributed by atoms with E-state index in [-0.39, 0.29) is 25.1 Å². The molecule has 1 saturated heterocycles. The number of rotatable bonds is 3. The summed E-state index contributed by atoms with van der Waals surface area (Å²) in [7, 11) is 0. The molecule has 2 aliphatic rings. The van der Waals surface area contributed by atoms with Gasteiger partial charge in [0, 0.05) is 36.8 Å². The normalized spacial score (nSPS) is 25.5. The average molecular weight is 417 g/mol. The fourth-order valence-corrected chi connectivity index (χ4v) is 4.64. The zero-order valence-electron chi connectivity index (χ0n) is 16.5. The lowest BCUT2D eigenvalue weighted by molar-refractivity contribution is -0.140. The highest BCUT2D eigenvalue weighted by atomic mass is 19.3. The molecule has 5 nitrogen and oxygen atoms in total. The molecule has 8 heteroatoms. The van der Waals surface area contributed by atoms with Crippen molar-refractivity contribution in [1.82, 2.24) is 10.3 Å². The van der Waals surface area contributed by atoms with Crippen LogP contribution in [0.25, 0.3) is 0 Å². The van der Waals surface area contributed by atoms with Crippen LogP contribution in [0.2, 0.25) is 0 Å². The van der Waals surface area contributed by atoms with Crippen molar-refractivity contribution in [3.63, 3.8) is 0 Å². The Morgan fingerprint density at radius 1 is 1.20 bits per heavy atom. The standard InChI is InChI=1S/C22H22F3N3O2/c1-14-4-2-7-18(26-14)19(29)27-16-11-21(13-22(24,25)12-16)8-9-28(20(21)30)17-6-3-5-15(23)10-17/h2-7,10,16H,8-9,11-13H2,1H3,(H,27,29). The molecular weight excluding hydrogens is 395 g/mol. The Hall–Kier alpha value is -2.90. The molecule has 1 N–H and O–H groups in total. The number of nitrogens with one attached hydrogen (secondary N) is 1. The van der Waals surface area contributed by atoms with Crippen LogP contribution in [0.15, 0.2) is 42.5 Å². The maximum atomic E-state index is 14.6. The number of alkyl halides is 2. The smallest absolute Gasteiger partial charge is 0.270 e. The van der Waals surface area contributed by atoms with E-state index in [4.69, 9.17) is 0 Å². The molecule has 2 amide bonds. The molecule has 2 aromatic rings. The lowest BCUT2D eigenvalue weighted by atomic mass is 9.69. The summed E-state index contributed by atoms with van der Waals surface area (Å²) in [5.41, 5.74) is -0.135. The van der Waals surface area contributed by atoms with Crippen molar-refractivity contribution in [2.24, 2.45) is 5.41 Å². The summed E-state index contributed by atoms with van der Waals surface area (Å²) < 4.78 is 42.9. The molecule has 1 spiro atoms. The number of hydrogen-bond donors (Lipinski definition) is 1. The summed E-state index contributed by atoms with van der Waals surface area (Å²) in [5.74, 6) is -4.57. The minimum atomic E-state index is -3.09. The van der Waals surface area contributed by atoms with Crippen LogP contribution in [0.5, 0.6) is 0 Å². The second-order valence-electron chi connectivity index (χ2n) is 8.24. The topological polar surface area (TPSA) is 62.3 Å². The third kappa shape index (κ3) is 3.91. The summed E-state index contributed by atoms with van der Waals surface area (Å²) in [6.07, 6.45) is -0.753. The van der Waals surface area contributed by atoms with Crippen LogP contribution in [0.3, 0.4) is 0 Å². The van der Waals surface area contributed by atoms with Gasteiger partial charge in [-0.2, -0.15) is 0 Å². The first-order valence-electron chi connectivity index (χ1n) is 9.87. The molecule has 2 atom stereocenters. The summed E-state index contributed by atoms with van der Waals surface area (Å²) in [6.45, 7) is 1.97. The first-order chi connectivity index (χ1) is 14.2. The monoisotopic (exact) mass is 417 g/mol. The van der Waals surface area contributed by atoms with E-state index in [1.54, 1.807) is 25.1 Å². The van der Waals surface area contributed by atoms with E-state index in [0.29, 0.717) is 11.4 Å². The molecule has 1 aromatic heterocycles. The van der Waals surface area contributed by atoms with Crippen LogP contribution in [0.4, 0.5) is 18.9 Å². The van der Waals surface area contributed by atoms with Crippen molar-refractivity contribution in [3.8, 4) is 0 Å². The van der Waals surface area contributed by atoms with E-state index in [0.717, 1.165) is 0 Å². The van der Waals surface area contributed by atoms with E-state index < -0.39 is 47.9 Å². The van der Waals surface area contributed by atoms with Crippen LogP contribution >= 0.6 is 0 Å². The number of anilines is 1. The fourth-order valence-electron chi connectivity index (χ4n) is 4.64. The molecule has 2 unspecified atom stereocenters. The molecule has 4 rings (SSSR count). The van der Waals surface area contributed by atoms with E-state index >= 15 is 0 Å². The number of nitrogens with zero attached hydrogens (tertiary/aromatic N) is 2. The SMILES string of the molecule is Cc1cccc(C(=O)NC2CC(F)(F)CC3(CCN(c4cccc(F)c4)C3=O)C2)n1. The van der Waals surface area contributed by atoms with Crippen molar-refractivity contribution in [3.05, 3.63) is 59.7 Å². The average Bonchev–Trinajstić information content (AvgIpc) is 2.95. The van der Waals surface area contributed by atoms with Gasteiger partial charge >= 0.3 is 0 Å². The van der Waals surface area contributed by atoms with Crippen molar-refractivity contribution in [1.29, 1.82) is 0 Å². The van der Waals surface area contributed by atoms with Gasteiger partial charge in [0.1, 0.15) is 11.5 Å². The van der Waals surface area contributed by atoms with Gasteiger partial charge in [0.05, 0.1) is 5.41 Å². The van der Waals surface area contributed by atoms with E-state index in [1.807, 2.05) is 0 Å². The Morgan fingerprint density at radius 2 is 1.97 bits per heavy atom. The predicted octanol–water partition coefficient (Wildman–Crippen LogP) is 3.87. The Labute approximate surface area is 172 Å². The molecule has 1 aliphatic carbocycles. The van der Waals surface area contributed by atoms with Gasteiger partial charge in [0.2, 0.25) is 5.91 Å². The number of pyridine rings is 1. The van der Waals surface area contributed by atoms with Gasteiger partial charge in [-0.1, -0.05) is 12.1 Å². The van der Waals surface area contributed by atoms with E-state index in [1.165, 1.54) is 29.2 Å². The summed E-state index contributed by atoms with van der Waals surface area (Å²) in [6, 6.07) is 9.62. The number of aromatic nitrogens is 1. The minimum Gasteiger partial charge on any atom is -0.348 e. The summed E-state index contributed by atoms with van der Waals surface area (Å²) >= 11 is 0. The number of benzene rings is 1. The number of carbonyl (C=O) groups excluding carboxylic acids is 2. The van der Waals surface area contributed by atoms with Crippen molar-refractivity contribution >= 4 is 17.5 Å². The van der Waals surface area contributed by atoms with Crippen molar-refractivity contribution in [2.75, 3.05) is 11.4 Å². The molecule has 2 fully saturated rings. The summed E-state index contributed by atoms with van der Waals surface area (Å²) in [4.78, 5) is 31.2. The highest BCUT2D eigenvalue weighted by Crippen LogP contribution is 2.51. The lowest BCUT2D eigenvalue weighted by Gasteiger charge is -2.41. The van der Waals surface area contributed by atoms with Crippen LogP contribution in [0.1, 0.15) is 41.9 Å². The van der Waals surface area contributed by atoms with Gasteiger partial charge in [-0.05, 0) is 50.1 Å². The quantitative estimate of drug-likeness (QED) is 0.825. The van der Waals surface area contributed by atoms with Gasteiger partial charge in [-0.15, -0.1) is 0 Å².